The van der Waals surface area contributed by atoms with Crippen molar-refractivity contribution in [2.75, 3.05) is 26.2 Å². The molecule has 7 heteroatoms. The number of rotatable bonds is 23. The first kappa shape index (κ1) is 30.1. The highest BCUT2D eigenvalue weighted by atomic mass is 16.4. The summed E-state index contributed by atoms with van der Waals surface area (Å²) in [5, 5.41) is 28.9. The fourth-order valence-electron chi connectivity index (χ4n) is 4.17. The van der Waals surface area contributed by atoms with Crippen LogP contribution in [0.25, 0.3) is 0 Å². The van der Waals surface area contributed by atoms with Gasteiger partial charge in [0, 0.05) is 25.2 Å². The molecular formula is C25H45NO6. The number of hydrogen-bond acceptors (Lipinski definition) is 4. The van der Waals surface area contributed by atoms with Crippen molar-refractivity contribution in [3.8, 4) is 0 Å². The summed E-state index contributed by atoms with van der Waals surface area (Å²) in [5.41, 5.74) is 0. The maximum atomic E-state index is 11.0. The van der Waals surface area contributed by atoms with E-state index in [0.717, 1.165) is 32.2 Å². The Morgan fingerprint density at radius 1 is 0.656 bits per heavy atom. The van der Waals surface area contributed by atoms with Crippen LogP contribution in [-0.4, -0.2) is 58.8 Å². The number of quaternary nitrogens is 1. The van der Waals surface area contributed by atoms with Crippen LogP contribution in [0.3, 0.4) is 0 Å². The molecule has 0 aromatic carbocycles. The fourth-order valence-corrected chi connectivity index (χ4v) is 4.17. The quantitative estimate of drug-likeness (QED) is 0.136. The van der Waals surface area contributed by atoms with Crippen molar-refractivity contribution in [2.24, 2.45) is 0 Å². The molecule has 0 saturated heterocycles. The lowest BCUT2D eigenvalue weighted by atomic mass is 10.1. The van der Waals surface area contributed by atoms with E-state index in [1.165, 1.54) is 32.1 Å². The SMILES string of the molecule is CCCCCCC/C=C/CCCC[N+](CCCC(=O)[O-])(CCCC(=O)O)CCCC(=O)O. The highest BCUT2D eigenvalue weighted by molar-refractivity contribution is 5.66. The molecular weight excluding hydrogens is 410 g/mol. The van der Waals surface area contributed by atoms with Gasteiger partial charge in [0.2, 0.25) is 0 Å². The maximum Gasteiger partial charge on any atom is 0.303 e. The van der Waals surface area contributed by atoms with Gasteiger partial charge in [-0.1, -0.05) is 44.8 Å². The van der Waals surface area contributed by atoms with Crippen molar-refractivity contribution in [1.29, 1.82) is 0 Å². The van der Waals surface area contributed by atoms with Crippen LogP contribution in [0.2, 0.25) is 0 Å². The van der Waals surface area contributed by atoms with E-state index in [1.54, 1.807) is 0 Å². The number of carboxylic acids is 3. The van der Waals surface area contributed by atoms with Crippen molar-refractivity contribution >= 4 is 17.9 Å². The Labute approximate surface area is 194 Å². The Hall–Kier alpha value is -1.89. The maximum absolute atomic E-state index is 11.0. The molecule has 0 atom stereocenters. The van der Waals surface area contributed by atoms with E-state index in [0.29, 0.717) is 43.4 Å². The topological polar surface area (TPSA) is 115 Å². The molecule has 0 aromatic rings. The largest absolute Gasteiger partial charge is 0.550 e. The van der Waals surface area contributed by atoms with Crippen LogP contribution in [0, 0.1) is 0 Å². The van der Waals surface area contributed by atoms with E-state index in [9.17, 15) is 19.5 Å². The minimum absolute atomic E-state index is 0.0289. The Morgan fingerprint density at radius 2 is 1.09 bits per heavy atom. The second-order valence-corrected chi connectivity index (χ2v) is 8.88. The lowest BCUT2D eigenvalue weighted by molar-refractivity contribution is -0.929. The fraction of sp³-hybridized carbons (Fsp3) is 0.800. The average Bonchev–Trinajstić information content (AvgIpc) is 2.71. The molecule has 0 rings (SSSR count). The number of aliphatic carboxylic acids is 3. The number of carbonyl (C=O) groups excluding carboxylic acids is 1. The first-order valence-electron chi connectivity index (χ1n) is 12.4. The standard InChI is InChI=1S/C25H45NO6/c1-2-3-4-5-6-7-8-9-10-11-12-19-26(20-13-16-23(27)28,21-14-17-24(29)30)22-15-18-25(31)32/h8-9H,2-7,10-22H2,1H3,(H2-,27,28,29,30,31,32)/b9-8+. The molecule has 0 radical (unpaired) electrons. The number of nitrogens with zero attached hydrogens (tertiary/aromatic N) is 1. The van der Waals surface area contributed by atoms with Gasteiger partial charge in [0.25, 0.3) is 0 Å². The molecule has 0 fully saturated rings. The summed E-state index contributed by atoms with van der Waals surface area (Å²) >= 11 is 0. The molecule has 0 aliphatic rings. The normalized spacial score (nSPS) is 11.8. The zero-order valence-corrected chi connectivity index (χ0v) is 20.1. The van der Waals surface area contributed by atoms with Gasteiger partial charge in [-0.3, -0.25) is 9.59 Å². The van der Waals surface area contributed by atoms with E-state index in [1.807, 2.05) is 0 Å². The molecule has 0 unspecified atom stereocenters. The third kappa shape index (κ3) is 18.8. The summed E-state index contributed by atoms with van der Waals surface area (Å²) in [6.07, 6.45) is 16.6. The molecule has 186 valence electrons. The van der Waals surface area contributed by atoms with Crippen molar-refractivity contribution in [2.45, 2.75) is 103 Å². The minimum Gasteiger partial charge on any atom is -0.550 e. The highest BCUT2D eigenvalue weighted by Gasteiger charge is 2.26. The summed E-state index contributed by atoms with van der Waals surface area (Å²) in [4.78, 5) is 32.8. The molecule has 0 aliphatic heterocycles. The van der Waals surface area contributed by atoms with Crippen LogP contribution in [-0.2, 0) is 14.4 Å². The van der Waals surface area contributed by atoms with Gasteiger partial charge in [0.15, 0.2) is 0 Å². The van der Waals surface area contributed by atoms with Crippen LogP contribution in [0.4, 0.5) is 0 Å². The lowest BCUT2D eigenvalue weighted by Gasteiger charge is -2.39. The summed E-state index contributed by atoms with van der Waals surface area (Å²) in [6.45, 7) is 4.91. The van der Waals surface area contributed by atoms with Gasteiger partial charge in [-0.25, -0.2) is 0 Å². The second-order valence-electron chi connectivity index (χ2n) is 8.88. The van der Waals surface area contributed by atoms with Crippen molar-refractivity contribution in [3.05, 3.63) is 12.2 Å². The van der Waals surface area contributed by atoms with Gasteiger partial charge in [-0.15, -0.1) is 0 Å². The smallest absolute Gasteiger partial charge is 0.303 e. The van der Waals surface area contributed by atoms with Crippen molar-refractivity contribution in [1.82, 2.24) is 0 Å². The van der Waals surface area contributed by atoms with Crippen LogP contribution in [0.1, 0.15) is 103 Å². The molecule has 0 amide bonds. The van der Waals surface area contributed by atoms with E-state index < -0.39 is 17.9 Å². The molecule has 0 bridgehead atoms. The molecule has 32 heavy (non-hydrogen) atoms. The molecule has 0 aliphatic carbocycles. The average molecular weight is 456 g/mol. The van der Waals surface area contributed by atoms with Crippen LogP contribution >= 0.6 is 0 Å². The van der Waals surface area contributed by atoms with Gasteiger partial charge in [-0.2, -0.15) is 0 Å². The molecule has 7 nitrogen and oxygen atoms in total. The third-order valence-electron chi connectivity index (χ3n) is 5.95. The number of carboxylic acid groups (broad SMARTS) is 3. The van der Waals surface area contributed by atoms with E-state index in [2.05, 4.69) is 19.1 Å². The Balaban J connectivity index is 4.65. The van der Waals surface area contributed by atoms with Crippen molar-refractivity contribution < 1.29 is 34.2 Å². The van der Waals surface area contributed by atoms with Crippen molar-refractivity contribution in [3.63, 3.8) is 0 Å². The zero-order chi connectivity index (χ0) is 24.1. The first-order chi connectivity index (χ1) is 15.3. The predicted molar refractivity (Wildman–Crippen MR) is 124 cm³/mol. The van der Waals surface area contributed by atoms with Gasteiger partial charge < -0.3 is 24.6 Å². The van der Waals surface area contributed by atoms with Crippen LogP contribution in [0.5, 0.6) is 0 Å². The summed E-state index contributed by atoms with van der Waals surface area (Å²) in [7, 11) is 0. The summed E-state index contributed by atoms with van der Waals surface area (Å²) < 4.78 is 0.592. The Morgan fingerprint density at radius 3 is 1.56 bits per heavy atom. The second kappa shape index (κ2) is 19.8. The molecule has 2 N–H and O–H groups in total. The number of hydrogen-bond donors (Lipinski definition) is 2. The minimum atomic E-state index is -1.08. The number of carbonyl (C=O) groups is 3. The third-order valence-corrected chi connectivity index (χ3v) is 5.95. The number of allylic oxidation sites excluding steroid dienone is 2. The summed E-state index contributed by atoms with van der Waals surface area (Å²) in [5.74, 6) is -2.77. The monoisotopic (exact) mass is 455 g/mol. The van der Waals surface area contributed by atoms with Gasteiger partial charge in [0.05, 0.1) is 39.0 Å². The van der Waals surface area contributed by atoms with E-state index in [-0.39, 0.29) is 19.3 Å². The van der Waals surface area contributed by atoms with Crippen LogP contribution in [0.15, 0.2) is 12.2 Å². The number of unbranched alkanes of at least 4 members (excludes halogenated alkanes) is 7. The van der Waals surface area contributed by atoms with Gasteiger partial charge >= 0.3 is 11.9 Å². The Bertz CT molecular complexity index is 496. The molecule has 0 heterocycles. The van der Waals surface area contributed by atoms with Gasteiger partial charge in [-0.05, 0) is 38.5 Å². The van der Waals surface area contributed by atoms with Crippen LogP contribution < -0.4 is 5.11 Å². The van der Waals surface area contributed by atoms with E-state index in [4.69, 9.17) is 10.2 Å². The lowest BCUT2D eigenvalue weighted by Crippen LogP contribution is -2.51. The molecule has 0 saturated carbocycles. The molecule has 0 aromatic heterocycles. The zero-order valence-electron chi connectivity index (χ0n) is 20.1. The molecule has 0 spiro atoms. The Kier molecular flexibility index (Phi) is 18.6. The van der Waals surface area contributed by atoms with Gasteiger partial charge in [0.1, 0.15) is 0 Å². The first-order valence-corrected chi connectivity index (χ1v) is 12.4. The predicted octanol–water partition coefficient (Wildman–Crippen LogP) is 4.15. The highest BCUT2D eigenvalue weighted by Crippen LogP contribution is 2.17. The van der Waals surface area contributed by atoms with E-state index >= 15 is 0 Å². The summed E-state index contributed by atoms with van der Waals surface area (Å²) in [6, 6.07) is 0.